The maximum atomic E-state index is 12.4. The van der Waals surface area contributed by atoms with Crippen LogP contribution in [-0.2, 0) is 9.47 Å². The third-order valence-corrected chi connectivity index (χ3v) is 4.16. The number of hydrogen-bond donors (Lipinski definition) is 1. The number of carbonyl (C=O) groups is 1. The van der Waals surface area contributed by atoms with Gasteiger partial charge in [0.15, 0.2) is 0 Å². The van der Waals surface area contributed by atoms with Crippen LogP contribution in [0, 0.1) is 0 Å². The molecule has 162 valence electrons. The first-order valence-electron chi connectivity index (χ1n) is 10.1. The van der Waals surface area contributed by atoms with Crippen molar-refractivity contribution in [1.29, 1.82) is 0 Å². The second kappa shape index (κ2) is 16.5. The van der Waals surface area contributed by atoms with Gasteiger partial charge in [0.1, 0.15) is 11.9 Å². The van der Waals surface area contributed by atoms with E-state index >= 15 is 0 Å². The van der Waals surface area contributed by atoms with Crippen LogP contribution in [0.25, 0.3) is 0 Å². The number of anilines is 1. The van der Waals surface area contributed by atoms with E-state index < -0.39 is 6.09 Å². The molecule has 7 heteroatoms. The second-order valence-corrected chi connectivity index (χ2v) is 6.41. The van der Waals surface area contributed by atoms with E-state index in [1.807, 2.05) is 31.2 Å². The number of nitrogens with zero attached hydrogens (tertiary/aromatic N) is 1. The molecule has 1 N–H and O–H groups in total. The average molecular weight is 417 g/mol. The summed E-state index contributed by atoms with van der Waals surface area (Å²) in [7, 11) is 0. The molecule has 0 saturated heterocycles. The number of benzene rings is 1. The van der Waals surface area contributed by atoms with Crippen molar-refractivity contribution in [3.8, 4) is 5.75 Å². The Morgan fingerprint density at radius 1 is 1.07 bits per heavy atom. The fraction of sp³-hybridized carbons (Fsp3) is 0.667. The molecule has 1 amide bonds. The average Bonchev–Trinajstić information content (AvgIpc) is 2.68. The van der Waals surface area contributed by atoms with Crippen molar-refractivity contribution >= 4 is 24.2 Å². The Morgan fingerprint density at radius 2 is 1.79 bits per heavy atom. The summed E-state index contributed by atoms with van der Waals surface area (Å²) in [4.78, 5) is 14.7. The Morgan fingerprint density at radius 3 is 2.43 bits per heavy atom. The van der Waals surface area contributed by atoms with Crippen LogP contribution < -0.4 is 10.1 Å². The van der Waals surface area contributed by atoms with Gasteiger partial charge in [-0.25, -0.2) is 4.79 Å². The molecule has 0 aliphatic carbocycles. The Kier molecular flexibility index (Phi) is 15.6. The summed E-state index contributed by atoms with van der Waals surface area (Å²) in [6, 6.07) is 7.39. The summed E-state index contributed by atoms with van der Waals surface area (Å²) in [5.41, 5.74) is 0.615. The minimum atomic E-state index is -0.487. The number of para-hydroxylation sites is 2. The topological polar surface area (TPSA) is 60.0 Å². The maximum Gasteiger partial charge on any atom is 0.412 e. The fourth-order valence-electron chi connectivity index (χ4n) is 2.55. The van der Waals surface area contributed by atoms with Gasteiger partial charge in [-0.1, -0.05) is 46.2 Å². The summed E-state index contributed by atoms with van der Waals surface area (Å²) in [6.07, 6.45) is 2.19. The zero-order valence-corrected chi connectivity index (χ0v) is 18.6. The maximum absolute atomic E-state index is 12.4. The van der Waals surface area contributed by atoms with E-state index in [0.29, 0.717) is 37.8 Å². The highest BCUT2D eigenvalue weighted by Gasteiger charge is 2.18. The van der Waals surface area contributed by atoms with Crippen molar-refractivity contribution in [2.45, 2.75) is 53.1 Å². The zero-order chi connectivity index (χ0) is 19.9. The molecule has 1 aromatic rings. The number of nitrogens with one attached hydrogen (secondary N) is 1. The molecule has 0 aromatic heterocycles. The van der Waals surface area contributed by atoms with Crippen molar-refractivity contribution in [3.05, 3.63) is 24.3 Å². The van der Waals surface area contributed by atoms with Crippen molar-refractivity contribution in [1.82, 2.24) is 4.90 Å². The predicted octanol–water partition coefficient (Wildman–Crippen LogP) is 4.97. The van der Waals surface area contributed by atoms with Crippen LogP contribution in [0.4, 0.5) is 10.5 Å². The van der Waals surface area contributed by atoms with Crippen LogP contribution in [0.2, 0.25) is 0 Å². The largest absolute Gasteiger partial charge is 0.491 e. The highest BCUT2D eigenvalue weighted by molar-refractivity contribution is 5.86. The third kappa shape index (κ3) is 10.7. The summed E-state index contributed by atoms with van der Waals surface area (Å²) in [5, 5.41) is 2.80. The number of likely N-dealkylation sites (N-methyl/N-ethyl adjacent to an activating group) is 1. The van der Waals surface area contributed by atoms with Gasteiger partial charge in [0, 0.05) is 13.2 Å². The standard InChI is InChI=1S/C21H36N2O4.ClH/c1-5-9-15-25-17-18(16-23(7-3)8-4)27-21(24)22-19-12-10-11-13-20(19)26-14-6-2;/h10-13,18H,5-9,14-17H2,1-4H3,(H,22,24);1H. The molecular weight excluding hydrogens is 380 g/mol. The van der Waals surface area contributed by atoms with Gasteiger partial charge >= 0.3 is 6.09 Å². The molecule has 0 spiro atoms. The molecule has 0 fully saturated rings. The third-order valence-electron chi connectivity index (χ3n) is 4.16. The normalized spacial score (nSPS) is 11.6. The molecule has 1 atom stereocenters. The van der Waals surface area contributed by atoms with E-state index in [2.05, 4.69) is 31.0 Å². The number of ether oxygens (including phenoxy) is 3. The SMILES string of the molecule is CCCCOCC(CN(CC)CC)OC(=O)Nc1ccccc1OCCC.Cl. The van der Waals surface area contributed by atoms with E-state index in [4.69, 9.17) is 14.2 Å². The monoisotopic (exact) mass is 416 g/mol. The predicted molar refractivity (Wildman–Crippen MR) is 117 cm³/mol. The molecule has 1 unspecified atom stereocenters. The first-order valence-corrected chi connectivity index (χ1v) is 10.1. The zero-order valence-electron chi connectivity index (χ0n) is 17.7. The van der Waals surface area contributed by atoms with E-state index in [-0.39, 0.29) is 18.5 Å². The molecule has 0 aliphatic heterocycles. The Balaban J connectivity index is 0.00000729. The number of unbranched alkanes of at least 4 members (excludes halogenated alkanes) is 1. The van der Waals surface area contributed by atoms with Crippen molar-refractivity contribution in [2.24, 2.45) is 0 Å². The molecule has 0 aliphatic rings. The Hall–Kier alpha value is -1.50. The molecule has 0 saturated carbocycles. The molecular formula is C21H37ClN2O4. The van der Waals surface area contributed by atoms with Crippen LogP contribution in [0.3, 0.4) is 0 Å². The molecule has 0 bridgehead atoms. The van der Waals surface area contributed by atoms with E-state index in [1.165, 1.54) is 0 Å². The minimum absolute atomic E-state index is 0. The molecule has 0 heterocycles. The first kappa shape index (κ1) is 26.5. The van der Waals surface area contributed by atoms with Crippen LogP contribution in [0.15, 0.2) is 24.3 Å². The van der Waals surface area contributed by atoms with E-state index in [0.717, 1.165) is 32.4 Å². The lowest BCUT2D eigenvalue weighted by atomic mass is 10.3. The Bertz CT molecular complexity index is 527. The molecule has 1 aromatic carbocycles. The molecule has 0 radical (unpaired) electrons. The highest BCUT2D eigenvalue weighted by Crippen LogP contribution is 2.24. The molecule has 28 heavy (non-hydrogen) atoms. The molecule has 6 nitrogen and oxygen atoms in total. The fourth-order valence-corrected chi connectivity index (χ4v) is 2.55. The van der Waals surface area contributed by atoms with E-state index in [9.17, 15) is 4.79 Å². The van der Waals surface area contributed by atoms with E-state index in [1.54, 1.807) is 0 Å². The smallest absolute Gasteiger partial charge is 0.412 e. The summed E-state index contributed by atoms with van der Waals surface area (Å²) < 4.78 is 17.0. The van der Waals surface area contributed by atoms with Crippen LogP contribution in [0.5, 0.6) is 5.75 Å². The van der Waals surface area contributed by atoms with Gasteiger partial charge in [0.25, 0.3) is 0 Å². The number of carbonyl (C=O) groups excluding carboxylic acids is 1. The lowest BCUT2D eigenvalue weighted by molar-refractivity contribution is 0.00804. The van der Waals surface area contributed by atoms with Gasteiger partial charge < -0.3 is 19.1 Å². The van der Waals surface area contributed by atoms with Gasteiger partial charge in [-0.05, 0) is 38.1 Å². The number of halogens is 1. The first-order chi connectivity index (χ1) is 13.1. The highest BCUT2D eigenvalue weighted by atomic mass is 35.5. The van der Waals surface area contributed by atoms with Crippen LogP contribution in [0.1, 0.15) is 47.0 Å². The van der Waals surface area contributed by atoms with Gasteiger partial charge in [0.05, 0.1) is 18.9 Å². The number of rotatable bonds is 14. The van der Waals surface area contributed by atoms with Gasteiger partial charge in [0.2, 0.25) is 0 Å². The number of hydrogen-bond acceptors (Lipinski definition) is 5. The van der Waals surface area contributed by atoms with Crippen molar-refractivity contribution in [3.63, 3.8) is 0 Å². The van der Waals surface area contributed by atoms with Crippen LogP contribution >= 0.6 is 12.4 Å². The minimum Gasteiger partial charge on any atom is -0.491 e. The Labute approximate surface area is 176 Å². The molecule has 1 rings (SSSR count). The van der Waals surface area contributed by atoms with Crippen molar-refractivity contribution in [2.75, 3.05) is 44.8 Å². The van der Waals surface area contributed by atoms with Gasteiger partial charge in [-0.3, -0.25) is 5.32 Å². The van der Waals surface area contributed by atoms with Gasteiger partial charge in [-0.2, -0.15) is 0 Å². The van der Waals surface area contributed by atoms with Crippen molar-refractivity contribution < 1.29 is 19.0 Å². The second-order valence-electron chi connectivity index (χ2n) is 6.41. The van der Waals surface area contributed by atoms with Gasteiger partial charge in [-0.15, -0.1) is 12.4 Å². The summed E-state index contributed by atoms with van der Waals surface area (Å²) >= 11 is 0. The lowest BCUT2D eigenvalue weighted by Gasteiger charge is -2.25. The lowest BCUT2D eigenvalue weighted by Crippen LogP contribution is -2.38. The number of amides is 1. The quantitative estimate of drug-likeness (QED) is 0.434. The van der Waals surface area contributed by atoms with Crippen LogP contribution in [-0.4, -0.2) is 56.6 Å². The summed E-state index contributed by atoms with van der Waals surface area (Å²) in [6.45, 7) is 12.5. The summed E-state index contributed by atoms with van der Waals surface area (Å²) in [5.74, 6) is 0.649.